The molecule has 0 aliphatic heterocycles. The van der Waals surface area contributed by atoms with Crippen molar-refractivity contribution in [1.29, 1.82) is 0 Å². The van der Waals surface area contributed by atoms with Gasteiger partial charge in [0, 0.05) is 17.5 Å². The minimum Gasteiger partial charge on any atom is -0.543 e. The minimum atomic E-state index is -2.38. The SMILES string of the molecule is C=C1CC[C@H]2C(C)(C)CCC[C@]2(C)C1C(O)c1c(O[Si](C)(C)C(C)(C)C)cc(OCc2ccccc2)c(OCc2ccccc2)c1Cl. The Kier molecular flexibility index (Phi) is 10.3. The van der Waals surface area contributed by atoms with Gasteiger partial charge in [0.15, 0.2) is 11.5 Å². The van der Waals surface area contributed by atoms with Crippen LogP contribution < -0.4 is 13.9 Å². The molecule has 254 valence electrons. The monoisotopic (exact) mass is 674 g/mol. The summed E-state index contributed by atoms with van der Waals surface area (Å²) in [5, 5.41) is 13.0. The van der Waals surface area contributed by atoms with E-state index in [1.807, 2.05) is 66.7 Å². The Morgan fingerprint density at radius 2 is 1.49 bits per heavy atom. The molecule has 0 bridgehead atoms. The van der Waals surface area contributed by atoms with Crippen molar-refractivity contribution in [2.75, 3.05) is 0 Å². The van der Waals surface area contributed by atoms with Gasteiger partial charge in [-0.15, -0.1) is 0 Å². The summed E-state index contributed by atoms with van der Waals surface area (Å²) in [5.74, 6) is 1.82. The van der Waals surface area contributed by atoms with E-state index in [1.165, 1.54) is 6.42 Å². The van der Waals surface area contributed by atoms with Gasteiger partial charge in [-0.3, -0.25) is 0 Å². The fourth-order valence-electron chi connectivity index (χ4n) is 8.06. The number of ether oxygens (including phenoxy) is 2. The smallest absolute Gasteiger partial charge is 0.250 e. The highest BCUT2D eigenvalue weighted by Crippen LogP contribution is 2.64. The maximum Gasteiger partial charge on any atom is 0.250 e. The molecule has 0 radical (unpaired) electrons. The summed E-state index contributed by atoms with van der Waals surface area (Å²) in [4.78, 5) is 0. The second kappa shape index (κ2) is 13.6. The van der Waals surface area contributed by atoms with Crippen LogP contribution in [0.2, 0.25) is 23.2 Å². The molecule has 2 aliphatic rings. The van der Waals surface area contributed by atoms with E-state index in [-0.39, 0.29) is 21.8 Å². The summed E-state index contributed by atoms with van der Waals surface area (Å²) in [6.07, 6.45) is 4.47. The number of aliphatic hydroxyl groups is 1. The molecule has 3 aromatic rings. The summed E-state index contributed by atoms with van der Waals surface area (Å²) < 4.78 is 20.1. The van der Waals surface area contributed by atoms with Crippen molar-refractivity contribution in [3.05, 3.63) is 101 Å². The van der Waals surface area contributed by atoms with Gasteiger partial charge in [-0.05, 0) is 71.7 Å². The molecule has 4 atom stereocenters. The summed E-state index contributed by atoms with van der Waals surface area (Å²) >= 11 is 7.49. The van der Waals surface area contributed by atoms with Crippen molar-refractivity contribution < 1.29 is 19.0 Å². The zero-order valence-electron chi connectivity index (χ0n) is 29.8. The van der Waals surface area contributed by atoms with Crippen LogP contribution in [-0.2, 0) is 13.2 Å². The molecule has 1 N–H and O–H groups in total. The van der Waals surface area contributed by atoms with Crippen molar-refractivity contribution >= 4 is 19.9 Å². The number of fused-ring (bicyclic) bond motifs is 1. The maximum absolute atomic E-state index is 12.8. The molecule has 47 heavy (non-hydrogen) atoms. The summed E-state index contributed by atoms with van der Waals surface area (Å²) in [6.45, 7) is 23.5. The highest BCUT2D eigenvalue weighted by Gasteiger charge is 2.55. The Bertz CT molecular complexity index is 1550. The average Bonchev–Trinajstić information content (AvgIpc) is 2.99. The van der Waals surface area contributed by atoms with E-state index < -0.39 is 14.4 Å². The van der Waals surface area contributed by atoms with Gasteiger partial charge >= 0.3 is 0 Å². The second-order valence-electron chi connectivity index (χ2n) is 16.4. The van der Waals surface area contributed by atoms with Crippen LogP contribution in [0.5, 0.6) is 17.2 Å². The molecule has 0 saturated heterocycles. The third-order valence-corrected chi connectivity index (χ3v) is 16.3. The number of aliphatic hydroxyl groups excluding tert-OH is 1. The highest BCUT2D eigenvalue weighted by molar-refractivity contribution is 6.74. The fourth-order valence-corrected chi connectivity index (χ4v) is 9.43. The average molecular weight is 675 g/mol. The molecular weight excluding hydrogens is 620 g/mol. The third kappa shape index (κ3) is 7.33. The lowest BCUT2D eigenvalue weighted by molar-refractivity contribution is -0.0894. The fraction of sp³-hybridized carbons (Fsp3) is 0.512. The Labute approximate surface area is 289 Å². The van der Waals surface area contributed by atoms with Gasteiger partial charge in [0.05, 0.1) is 11.1 Å². The van der Waals surface area contributed by atoms with Gasteiger partial charge in [0.25, 0.3) is 0 Å². The van der Waals surface area contributed by atoms with E-state index >= 15 is 0 Å². The number of benzene rings is 3. The van der Waals surface area contributed by atoms with Crippen LogP contribution in [0.4, 0.5) is 0 Å². The lowest BCUT2D eigenvalue weighted by Crippen LogP contribution is -2.51. The van der Waals surface area contributed by atoms with E-state index in [1.54, 1.807) is 0 Å². The van der Waals surface area contributed by atoms with E-state index in [0.29, 0.717) is 47.0 Å². The molecular formula is C41H55ClO4Si. The Balaban J connectivity index is 1.66. The maximum atomic E-state index is 12.8. The van der Waals surface area contributed by atoms with Gasteiger partial charge in [-0.2, -0.15) is 0 Å². The van der Waals surface area contributed by atoms with Crippen LogP contribution in [0, 0.1) is 22.7 Å². The Hall–Kier alpha value is -2.73. The van der Waals surface area contributed by atoms with Crippen LogP contribution >= 0.6 is 11.6 Å². The first-order valence-electron chi connectivity index (χ1n) is 17.3. The zero-order valence-corrected chi connectivity index (χ0v) is 31.5. The standard InChI is InChI=1S/C41H55ClO4Si/c1-28-21-22-33-40(5,6)23-16-24-41(33,7)35(28)37(43)34-31(46-47(8,9)39(2,3)4)25-32(44-26-29-17-12-10-13-18-29)38(36(34)42)45-27-30-19-14-11-15-20-30/h10-15,17-20,25,33,35,37,43H,1,16,21-24,26-27H2,2-9H3/t33-,35?,37?,41-/m0/s1. The molecule has 0 amide bonds. The molecule has 5 rings (SSSR count). The predicted octanol–water partition coefficient (Wildman–Crippen LogP) is 11.7. The van der Waals surface area contributed by atoms with E-state index in [9.17, 15) is 5.11 Å². The number of hydrogen-bond donors (Lipinski definition) is 1. The highest BCUT2D eigenvalue weighted by atomic mass is 35.5. The van der Waals surface area contributed by atoms with Gasteiger partial charge in [-0.1, -0.05) is 132 Å². The van der Waals surface area contributed by atoms with Gasteiger partial charge in [0.1, 0.15) is 19.0 Å². The molecule has 3 aromatic carbocycles. The molecule has 2 saturated carbocycles. The summed E-state index contributed by atoms with van der Waals surface area (Å²) in [7, 11) is -2.38. The Morgan fingerprint density at radius 3 is 2.06 bits per heavy atom. The molecule has 2 unspecified atom stereocenters. The quantitative estimate of drug-likeness (QED) is 0.172. The van der Waals surface area contributed by atoms with E-state index in [2.05, 4.69) is 61.2 Å². The van der Waals surface area contributed by atoms with Crippen LogP contribution in [-0.4, -0.2) is 13.4 Å². The van der Waals surface area contributed by atoms with Crippen molar-refractivity contribution in [3.63, 3.8) is 0 Å². The normalized spacial score (nSPS) is 23.5. The first kappa shape index (κ1) is 35.6. The van der Waals surface area contributed by atoms with Gasteiger partial charge in [-0.25, -0.2) is 0 Å². The number of hydrogen-bond acceptors (Lipinski definition) is 4. The third-order valence-electron chi connectivity index (χ3n) is 11.6. The van der Waals surface area contributed by atoms with E-state index in [0.717, 1.165) is 42.4 Å². The van der Waals surface area contributed by atoms with Crippen LogP contribution in [0.3, 0.4) is 0 Å². The van der Waals surface area contributed by atoms with Crippen LogP contribution in [0.1, 0.15) is 96.4 Å². The molecule has 2 aliphatic carbocycles. The number of halogens is 1. The first-order chi connectivity index (χ1) is 22.0. The first-order valence-corrected chi connectivity index (χ1v) is 20.6. The summed E-state index contributed by atoms with van der Waals surface area (Å²) in [6, 6.07) is 22.0. The lowest BCUT2D eigenvalue weighted by Gasteiger charge is -2.59. The molecule has 2 fully saturated rings. The van der Waals surface area contributed by atoms with Gasteiger partial charge < -0.3 is 19.0 Å². The van der Waals surface area contributed by atoms with Crippen molar-refractivity contribution in [2.24, 2.45) is 22.7 Å². The van der Waals surface area contributed by atoms with Crippen molar-refractivity contribution in [3.8, 4) is 17.2 Å². The van der Waals surface area contributed by atoms with Crippen LogP contribution in [0.25, 0.3) is 0 Å². The molecule has 0 aromatic heterocycles. The molecule has 0 spiro atoms. The minimum absolute atomic E-state index is 0.0753. The van der Waals surface area contributed by atoms with Crippen molar-refractivity contribution in [1.82, 2.24) is 0 Å². The lowest BCUT2D eigenvalue weighted by atomic mass is 9.46. The molecule has 0 heterocycles. The van der Waals surface area contributed by atoms with E-state index in [4.69, 9.17) is 25.5 Å². The molecule has 6 heteroatoms. The topological polar surface area (TPSA) is 47.9 Å². The largest absolute Gasteiger partial charge is 0.543 e. The second-order valence-corrected chi connectivity index (χ2v) is 21.5. The zero-order chi connectivity index (χ0) is 34.2. The Morgan fingerprint density at radius 1 is 0.915 bits per heavy atom. The molecule has 4 nitrogen and oxygen atoms in total. The van der Waals surface area contributed by atoms with Gasteiger partial charge in [0.2, 0.25) is 8.32 Å². The van der Waals surface area contributed by atoms with Crippen LogP contribution in [0.15, 0.2) is 78.9 Å². The number of rotatable bonds is 10. The summed E-state index contributed by atoms with van der Waals surface area (Å²) in [5.41, 5.74) is 3.80. The predicted molar refractivity (Wildman–Crippen MR) is 197 cm³/mol. The van der Waals surface area contributed by atoms with Crippen molar-refractivity contribution in [2.45, 2.75) is 111 Å².